The first-order valence-electron chi connectivity index (χ1n) is 10.8. The first-order valence-corrected chi connectivity index (χ1v) is 11.8. The van der Waals surface area contributed by atoms with Gasteiger partial charge in [-0.1, -0.05) is 30.0 Å². The summed E-state index contributed by atoms with van der Waals surface area (Å²) in [7, 11) is 0. The summed E-state index contributed by atoms with van der Waals surface area (Å²) in [5, 5.41) is 17.0. The smallest absolute Gasteiger partial charge is 0.489 e. The molecule has 2 aromatic carbocycles. The molecule has 4 atom stereocenters. The topological polar surface area (TPSA) is 118 Å². The summed E-state index contributed by atoms with van der Waals surface area (Å²) >= 11 is 1.61. The highest BCUT2D eigenvalue weighted by molar-refractivity contribution is 8.14. The highest BCUT2D eigenvalue weighted by Gasteiger charge is 2.56. The van der Waals surface area contributed by atoms with Crippen LogP contribution in [-0.2, 0) is 15.1 Å². The van der Waals surface area contributed by atoms with Gasteiger partial charge in [0.25, 0.3) is 0 Å². The molecule has 3 N–H and O–H groups in total. The number of amidine groups is 1. The second kappa shape index (κ2) is 9.43. The minimum Gasteiger partial charge on any atom is -0.489 e. The quantitative estimate of drug-likeness (QED) is 0.593. The van der Waals surface area contributed by atoms with Crippen molar-refractivity contribution >= 4 is 22.9 Å². The number of benzene rings is 2. The molecule has 0 bridgehead atoms. The van der Waals surface area contributed by atoms with E-state index in [1.807, 2.05) is 30.3 Å². The SMILES string of the molecule is CC1OCCC2Oc3ccc(-c4cccc(C#N)c4)cc3C3(CSC(N)=N3)C12.O=C(O)C(F)(F)F. The minimum atomic E-state index is -5.08. The molecule has 7 nitrogen and oxygen atoms in total. The summed E-state index contributed by atoms with van der Waals surface area (Å²) < 4.78 is 44.1. The van der Waals surface area contributed by atoms with Crippen LogP contribution in [0.5, 0.6) is 5.75 Å². The first-order chi connectivity index (χ1) is 16.5. The second-order valence-electron chi connectivity index (χ2n) is 8.42. The third kappa shape index (κ3) is 4.81. The van der Waals surface area contributed by atoms with E-state index in [9.17, 15) is 18.4 Å². The summed E-state index contributed by atoms with van der Waals surface area (Å²) in [5.41, 5.74) is 9.49. The predicted molar refractivity (Wildman–Crippen MR) is 124 cm³/mol. The summed E-state index contributed by atoms with van der Waals surface area (Å²) in [4.78, 5) is 13.9. The van der Waals surface area contributed by atoms with E-state index in [0.717, 1.165) is 34.6 Å². The minimum absolute atomic E-state index is 0.0488. The molecule has 3 heterocycles. The summed E-state index contributed by atoms with van der Waals surface area (Å²) in [6, 6.07) is 16.1. The molecular weight excluding hydrogens is 483 g/mol. The molecule has 1 saturated heterocycles. The Hall–Kier alpha value is -3.23. The molecule has 0 amide bonds. The van der Waals surface area contributed by atoms with E-state index in [1.165, 1.54) is 0 Å². The molecule has 2 aromatic rings. The Balaban J connectivity index is 0.000000364. The van der Waals surface area contributed by atoms with Gasteiger partial charge in [-0.3, -0.25) is 0 Å². The van der Waals surface area contributed by atoms with Crippen LogP contribution in [-0.4, -0.2) is 47.0 Å². The fraction of sp³-hybridized carbons (Fsp3) is 0.375. The van der Waals surface area contributed by atoms with E-state index in [4.69, 9.17) is 30.1 Å². The van der Waals surface area contributed by atoms with E-state index in [2.05, 4.69) is 25.1 Å². The molecule has 184 valence electrons. The molecule has 4 unspecified atom stereocenters. The maximum atomic E-state index is 10.6. The van der Waals surface area contributed by atoms with Crippen molar-refractivity contribution in [1.82, 2.24) is 0 Å². The molecule has 3 aliphatic rings. The van der Waals surface area contributed by atoms with Crippen LogP contribution in [0.2, 0.25) is 0 Å². The van der Waals surface area contributed by atoms with Crippen molar-refractivity contribution in [2.75, 3.05) is 12.4 Å². The number of carboxylic acids is 1. The van der Waals surface area contributed by atoms with Gasteiger partial charge >= 0.3 is 12.1 Å². The zero-order valence-electron chi connectivity index (χ0n) is 18.6. The molecule has 35 heavy (non-hydrogen) atoms. The Kier molecular flexibility index (Phi) is 6.71. The first kappa shape index (κ1) is 24.9. The molecule has 5 rings (SSSR count). The number of fused-ring (bicyclic) bond motifs is 4. The van der Waals surface area contributed by atoms with Crippen LogP contribution in [0, 0.1) is 17.2 Å². The number of nitrogens with zero attached hydrogens (tertiary/aromatic N) is 2. The van der Waals surface area contributed by atoms with E-state index in [0.29, 0.717) is 17.3 Å². The summed E-state index contributed by atoms with van der Waals surface area (Å²) in [6.45, 7) is 2.82. The lowest BCUT2D eigenvalue weighted by atomic mass is 9.70. The number of halogens is 3. The third-order valence-corrected chi connectivity index (χ3v) is 7.25. The zero-order chi connectivity index (χ0) is 25.4. The Morgan fingerprint density at radius 1 is 1.29 bits per heavy atom. The zero-order valence-corrected chi connectivity index (χ0v) is 19.4. The van der Waals surface area contributed by atoms with E-state index >= 15 is 0 Å². The van der Waals surface area contributed by atoms with Crippen LogP contribution in [0.15, 0.2) is 47.5 Å². The molecule has 0 aliphatic carbocycles. The standard InChI is InChI=1S/C22H21N3O2S.C2HF3O2/c1-13-20-19(7-8-26-13)27-18-6-5-16(15-4-2-3-14(9-15)11-23)10-17(18)22(20)12-28-21(24)25-22;3-2(4,5)1(6)7/h2-6,9-10,13,19-20H,7-8,12H2,1H3,(H2,24,25);(H,6,7). The number of hydrogen-bond donors (Lipinski definition) is 2. The Morgan fingerprint density at radius 3 is 2.63 bits per heavy atom. The molecular formula is C24H22F3N3O4S. The maximum Gasteiger partial charge on any atom is 0.490 e. The predicted octanol–water partition coefficient (Wildman–Crippen LogP) is 4.30. The van der Waals surface area contributed by atoms with Crippen LogP contribution >= 0.6 is 11.8 Å². The fourth-order valence-electron chi connectivity index (χ4n) is 4.80. The van der Waals surface area contributed by atoms with Gasteiger partial charge in [-0.2, -0.15) is 18.4 Å². The van der Waals surface area contributed by atoms with Crippen molar-refractivity contribution < 1.29 is 32.5 Å². The van der Waals surface area contributed by atoms with E-state index in [1.54, 1.807) is 11.8 Å². The van der Waals surface area contributed by atoms with Crippen LogP contribution < -0.4 is 10.5 Å². The number of carbonyl (C=O) groups is 1. The van der Waals surface area contributed by atoms with Crippen LogP contribution in [0.1, 0.15) is 24.5 Å². The number of alkyl halides is 3. The average Bonchev–Trinajstić information content (AvgIpc) is 3.20. The largest absolute Gasteiger partial charge is 0.490 e. The third-order valence-electron chi connectivity index (χ3n) is 6.28. The van der Waals surface area contributed by atoms with Crippen LogP contribution in [0.25, 0.3) is 11.1 Å². The number of thioether (sulfide) groups is 1. The number of nitrogens with two attached hydrogens (primary N) is 1. The lowest BCUT2D eigenvalue weighted by Crippen LogP contribution is -2.55. The van der Waals surface area contributed by atoms with Crippen molar-refractivity contribution in [2.45, 2.75) is 37.3 Å². The number of nitriles is 1. The number of hydrogen-bond acceptors (Lipinski definition) is 7. The molecule has 1 fully saturated rings. The van der Waals surface area contributed by atoms with Crippen molar-refractivity contribution in [2.24, 2.45) is 16.6 Å². The average molecular weight is 506 g/mol. The van der Waals surface area contributed by atoms with E-state index in [-0.39, 0.29) is 18.1 Å². The monoisotopic (exact) mass is 505 g/mol. The highest BCUT2D eigenvalue weighted by atomic mass is 32.2. The van der Waals surface area contributed by atoms with Gasteiger partial charge in [-0.15, -0.1) is 0 Å². The van der Waals surface area contributed by atoms with Crippen LogP contribution in [0.4, 0.5) is 13.2 Å². The molecule has 0 saturated carbocycles. The maximum absolute atomic E-state index is 10.6. The van der Waals surface area contributed by atoms with Gasteiger partial charge in [0.1, 0.15) is 17.4 Å². The lowest BCUT2D eigenvalue weighted by molar-refractivity contribution is -0.192. The molecule has 0 radical (unpaired) electrons. The number of ether oxygens (including phenoxy) is 2. The van der Waals surface area contributed by atoms with Crippen molar-refractivity contribution in [1.29, 1.82) is 5.26 Å². The van der Waals surface area contributed by atoms with Gasteiger partial charge in [-0.25, -0.2) is 9.79 Å². The molecule has 11 heteroatoms. The molecule has 3 aliphatic heterocycles. The van der Waals surface area contributed by atoms with Gasteiger partial charge in [0.2, 0.25) is 0 Å². The van der Waals surface area contributed by atoms with Gasteiger partial charge in [0.05, 0.1) is 30.3 Å². The number of aliphatic carboxylic acids is 1. The van der Waals surface area contributed by atoms with Crippen LogP contribution in [0.3, 0.4) is 0 Å². The van der Waals surface area contributed by atoms with Crippen molar-refractivity contribution in [3.8, 4) is 22.9 Å². The van der Waals surface area contributed by atoms with Crippen molar-refractivity contribution in [3.63, 3.8) is 0 Å². The lowest BCUT2D eigenvalue weighted by Gasteiger charge is -2.49. The van der Waals surface area contributed by atoms with Gasteiger partial charge < -0.3 is 20.3 Å². The Labute approximate surface area is 203 Å². The Bertz CT molecular complexity index is 1210. The number of carboxylic acid groups (broad SMARTS) is 1. The van der Waals surface area contributed by atoms with E-state index < -0.39 is 17.7 Å². The normalized spacial score (nSPS) is 26.8. The highest BCUT2D eigenvalue weighted by Crippen LogP contribution is 2.54. The second-order valence-corrected chi connectivity index (χ2v) is 9.41. The number of rotatable bonds is 1. The molecule has 0 aromatic heterocycles. The fourth-order valence-corrected chi connectivity index (χ4v) is 5.81. The van der Waals surface area contributed by atoms with Gasteiger partial charge in [-0.05, 0) is 42.3 Å². The summed E-state index contributed by atoms with van der Waals surface area (Å²) in [5.74, 6) is -0.948. The van der Waals surface area contributed by atoms with Gasteiger partial charge in [0, 0.05) is 17.7 Å². The van der Waals surface area contributed by atoms with Crippen molar-refractivity contribution in [3.05, 3.63) is 53.6 Å². The Morgan fingerprint density at radius 2 is 2.00 bits per heavy atom. The summed E-state index contributed by atoms with van der Waals surface area (Å²) in [6.07, 6.45) is -4.09. The van der Waals surface area contributed by atoms with Gasteiger partial charge in [0.15, 0.2) is 5.17 Å². The molecule has 1 spiro atoms. The number of aliphatic imine (C=N–C) groups is 1.